The Kier molecular flexibility index (Phi) is 5.84. The molecule has 0 bridgehead atoms. The highest BCUT2D eigenvalue weighted by molar-refractivity contribution is 7.89. The Hall–Kier alpha value is -3.09. The van der Waals surface area contributed by atoms with Crippen LogP contribution in [0, 0.1) is 5.41 Å². The second-order valence-corrected chi connectivity index (χ2v) is 13.0. The van der Waals surface area contributed by atoms with E-state index in [1.54, 1.807) is 19.3 Å². The maximum Gasteiger partial charge on any atom is 0.322 e. The van der Waals surface area contributed by atoms with E-state index in [9.17, 15) is 37.0 Å². The Balaban J connectivity index is 1.47. The lowest BCUT2D eigenvalue weighted by atomic mass is 9.91. The highest BCUT2D eigenvalue weighted by atomic mass is 32.2. The number of anilines is 1. The van der Waals surface area contributed by atoms with E-state index in [0.29, 0.717) is 60.3 Å². The number of aryl methyl sites for hydroxylation is 1. The van der Waals surface area contributed by atoms with Gasteiger partial charge < -0.3 is 19.7 Å². The Morgan fingerprint density at radius 1 is 1.15 bits per heavy atom. The lowest BCUT2D eigenvalue weighted by molar-refractivity contribution is -0.140. The number of aromatic nitrogens is 1. The standard InChI is InChI=1S/C27H29F2N3O6S/c1-30-14-21(18-3-2-4-19(18)24(30)34)20-12-17(39(37,38)32-13-16(33)11-23(32)25(35)36)5-6-22(20)31-9-7-26(8-10-31)15-27(26,28)29/h2-3,5-6,12,14,16,23,33H,4,7-11,13,15H2,1H3,(H,35,36)/t16-,23+/m1/s1. The van der Waals surface area contributed by atoms with Gasteiger partial charge in [-0.3, -0.25) is 9.59 Å². The summed E-state index contributed by atoms with van der Waals surface area (Å²) in [5.41, 5.74) is 1.94. The molecule has 0 unspecified atom stereocenters. The van der Waals surface area contributed by atoms with Crippen molar-refractivity contribution in [3.8, 4) is 11.1 Å². The summed E-state index contributed by atoms with van der Waals surface area (Å²) in [5, 5.41) is 19.6. The van der Waals surface area contributed by atoms with Gasteiger partial charge in [-0.2, -0.15) is 4.31 Å². The fourth-order valence-corrected chi connectivity index (χ4v) is 8.04. The second kappa shape index (κ2) is 8.70. The van der Waals surface area contributed by atoms with Crippen LogP contribution in [0.3, 0.4) is 0 Å². The third-order valence-electron chi connectivity index (χ3n) is 8.78. The van der Waals surface area contributed by atoms with Crippen molar-refractivity contribution in [2.24, 2.45) is 12.5 Å². The molecule has 2 saturated heterocycles. The van der Waals surface area contributed by atoms with Crippen molar-refractivity contribution >= 4 is 27.8 Å². The van der Waals surface area contributed by atoms with E-state index in [1.165, 1.54) is 16.7 Å². The number of allylic oxidation sites excluding steroid dienone is 1. The van der Waals surface area contributed by atoms with Gasteiger partial charge in [0.15, 0.2) is 0 Å². The summed E-state index contributed by atoms with van der Waals surface area (Å²) in [4.78, 5) is 26.4. The maximum atomic E-state index is 14.0. The average Bonchev–Trinajstić information content (AvgIpc) is 3.28. The maximum absolute atomic E-state index is 14.0. The van der Waals surface area contributed by atoms with Crippen molar-refractivity contribution in [1.29, 1.82) is 0 Å². The minimum absolute atomic E-state index is 0.108. The molecule has 208 valence electrons. The Labute approximate surface area is 224 Å². The molecule has 0 radical (unpaired) electrons. The van der Waals surface area contributed by atoms with E-state index in [-0.39, 0.29) is 29.8 Å². The largest absolute Gasteiger partial charge is 0.480 e. The minimum Gasteiger partial charge on any atom is -0.480 e. The Bertz CT molecular complexity index is 1580. The Morgan fingerprint density at radius 2 is 1.85 bits per heavy atom. The fraction of sp³-hybridized carbons (Fsp3) is 0.481. The van der Waals surface area contributed by atoms with E-state index in [0.717, 1.165) is 4.31 Å². The zero-order valence-electron chi connectivity index (χ0n) is 21.3. The first-order valence-electron chi connectivity index (χ1n) is 12.9. The first-order valence-corrected chi connectivity index (χ1v) is 14.4. The topological polar surface area (TPSA) is 120 Å². The summed E-state index contributed by atoms with van der Waals surface area (Å²) in [6, 6.07) is 3.10. The van der Waals surface area contributed by atoms with Crippen LogP contribution in [0.25, 0.3) is 17.2 Å². The smallest absolute Gasteiger partial charge is 0.322 e. The zero-order valence-corrected chi connectivity index (χ0v) is 22.1. The van der Waals surface area contributed by atoms with Crippen LogP contribution in [0.5, 0.6) is 0 Å². The van der Waals surface area contributed by atoms with Crippen LogP contribution in [0.2, 0.25) is 0 Å². The number of fused-ring (bicyclic) bond motifs is 1. The molecule has 2 N–H and O–H groups in total. The van der Waals surface area contributed by atoms with Crippen LogP contribution in [-0.2, 0) is 28.3 Å². The van der Waals surface area contributed by atoms with Crippen LogP contribution < -0.4 is 10.5 Å². The van der Waals surface area contributed by atoms with Crippen LogP contribution in [0.4, 0.5) is 14.5 Å². The number of rotatable bonds is 5. The molecular formula is C27H29F2N3O6S. The first-order chi connectivity index (χ1) is 18.3. The fourth-order valence-electron chi connectivity index (χ4n) is 6.39. The lowest BCUT2D eigenvalue weighted by Gasteiger charge is -2.35. The molecule has 2 atom stereocenters. The highest BCUT2D eigenvalue weighted by Gasteiger charge is 2.70. The quantitative estimate of drug-likeness (QED) is 0.576. The molecule has 12 heteroatoms. The molecule has 4 aliphatic rings. The SMILES string of the molecule is Cn1cc(-c2cc(S(=O)(=O)N3C[C@H](O)C[C@H]3C(=O)O)ccc2N2CCC3(CC2)CC3(F)F)c2c(c1=O)CC=C2. The van der Waals surface area contributed by atoms with E-state index >= 15 is 0 Å². The average molecular weight is 562 g/mol. The number of alkyl halides is 2. The summed E-state index contributed by atoms with van der Waals surface area (Å²) in [7, 11) is -2.69. The molecule has 3 fully saturated rings. The predicted molar refractivity (Wildman–Crippen MR) is 139 cm³/mol. The number of aliphatic hydroxyl groups is 1. The van der Waals surface area contributed by atoms with E-state index in [4.69, 9.17) is 0 Å². The van der Waals surface area contributed by atoms with Crippen molar-refractivity contribution in [3.05, 3.63) is 52.0 Å². The number of aliphatic carboxylic acids is 1. The van der Waals surface area contributed by atoms with Gasteiger partial charge >= 0.3 is 5.97 Å². The van der Waals surface area contributed by atoms with Gasteiger partial charge in [0.25, 0.3) is 11.5 Å². The van der Waals surface area contributed by atoms with E-state index < -0.39 is 39.5 Å². The number of carbonyl (C=O) groups is 1. The van der Waals surface area contributed by atoms with Crippen LogP contribution >= 0.6 is 0 Å². The first kappa shape index (κ1) is 26.1. The number of sulfonamides is 1. The molecular weight excluding hydrogens is 532 g/mol. The van der Waals surface area contributed by atoms with Gasteiger partial charge in [-0.1, -0.05) is 12.2 Å². The monoisotopic (exact) mass is 561 g/mol. The van der Waals surface area contributed by atoms with Crippen LogP contribution in [-0.4, -0.2) is 71.2 Å². The number of carboxylic acids is 1. The number of benzene rings is 1. The number of hydrogen-bond donors (Lipinski definition) is 2. The third-order valence-corrected chi connectivity index (χ3v) is 10.6. The summed E-state index contributed by atoms with van der Waals surface area (Å²) in [6.45, 7) is 0.409. The van der Waals surface area contributed by atoms with Crippen molar-refractivity contribution in [2.45, 2.75) is 55.1 Å². The number of aliphatic hydroxyl groups excluding tert-OH is 1. The molecule has 1 saturated carbocycles. The molecule has 2 aliphatic carbocycles. The van der Waals surface area contributed by atoms with Crippen molar-refractivity contribution in [2.75, 3.05) is 24.5 Å². The molecule has 1 aromatic carbocycles. The molecule has 39 heavy (non-hydrogen) atoms. The van der Waals surface area contributed by atoms with Crippen LogP contribution in [0.15, 0.2) is 40.2 Å². The number of hydrogen-bond acceptors (Lipinski definition) is 6. The van der Waals surface area contributed by atoms with Crippen molar-refractivity contribution in [1.82, 2.24) is 8.87 Å². The summed E-state index contributed by atoms with van der Waals surface area (Å²) in [5.74, 6) is -3.99. The van der Waals surface area contributed by atoms with E-state index in [2.05, 4.69) is 0 Å². The lowest BCUT2D eigenvalue weighted by Crippen LogP contribution is -2.40. The van der Waals surface area contributed by atoms with Gasteiger partial charge in [0.1, 0.15) is 6.04 Å². The number of pyridine rings is 1. The van der Waals surface area contributed by atoms with Gasteiger partial charge in [0, 0.05) is 73.5 Å². The van der Waals surface area contributed by atoms with Gasteiger partial charge in [0.2, 0.25) is 10.0 Å². The number of β-amino-alcohol motifs (C(OH)–C–C–N with tert-alkyl or cyclic N) is 1. The van der Waals surface area contributed by atoms with Gasteiger partial charge in [0.05, 0.1) is 11.0 Å². The zero-order chi connectivity index (χ0) is 27.9. The summed E-state index contributed by atoms with van der Waals surface area (Å²) >= 11 is 0. The van der Waals surface area contributed by atoms with Gasteiger partial charge in [-0.25, -0.2) is 17.2 Å². The van der Waals surface area contributed by atoms with Gasteiger partial charge in [-0.05, 0) is 43.0 Å². The molecule has 2 aliphatic heterocycles. The normalized spacial score (nSPS) is 25.3. The predicted octanol–water partition coefficient (Wildman–Crippen LogP) is 2.46. The third kappa shape index (κ3) is 4.03. The number of halogens is 2. The molecule has 2 aromatic rings. The summed E-state index contributed by atoms with van der Waals surface area (Å²) in [6.07, 6.45) is 4.99. The Morgan fingerprint density at radius 3 is 2.49 bits per heavy atom. The highest BCUT2D eigenvalue weighted by Crippen LogP contribution is 2.66. The van der Waals surface area contributed by atoms with Crippen LogP contribution in [0.1, 0.15) is 36.8 Å². The number of carboxylic acid groups (broad SMARTS) is 1. The minimum atomic E-state index is -4.31. The second-order valence-electron chi connectivity index (χ2n) is 11.1. The van der Waals surface area contributed by atoms with Crippen molar-refractivity contribution < 1.29 is 32.2 Å². The molecule has 1 spiro atoms. The number of nitrogens with zero attached hydrogens (tertiary/aromatic N) is 3. The van der Waals surface area contributed by atoms with E-state index in [1.807, 2.05) is 17.1 Å². The molecule has 0 amide bonds. The number of piperidine rings is 1. The molecule has 3 heterocycles. The molecule has 1 aromatic heterocycles. The van der Waals surface area contributed by atoms with Gasteiger partial charge in [-0.15, -0.1) is 0 Å². The molecule has 9 nitrogen and oxygen atoms in total. The molecule has 6 rings (SSSR count). The summed E-state index contributed by atoms with van der Waals surface area (Å²) < 4.78 is 57.7. The van der Waals surface area contributed by atoms with Crippen molar-refractivity contribution in [3.63, 3.8) is 0 Å².